The van der Waals surface area contributed by atoms with Crippen molar-refractivity contribution in [1.29, 1.82) is 0 Å². The molecule has 0 atom stereocenters. The molecule has 1 aromatic rings. The highest BCUT2D eigenvalue weighted by molar-refractivity contribution is 5.92. The Morgan fingerprint density at radius 1 is 1.53 bits per heavy atom. The average Bonchev–Trinajstić information content (AvgIpc) is 2.74. The zero-order chi connectivity index (χ0) is 14.4. The molecule has 1 rings (SSSR count). The van der Waals surface area contributed by atoms with Crippen LogP contribution in [0.15, 0.2) is 6.07 Å². The Kier molecular flexibility index (Phi) is 6.02. The molecule has 1 aromatic heterocycles. The third-order valence-electron chi connectivity index (χ3n) is 3.02. The standard InChI is InChI=1S/C14H26N4O/c1-5-12-9-13(17(4)16-12)14(19)18(8-6-7-15)10-11(2)3/h9,11H,5-8,10,15H2,1-4H3. The Hall–Kier alpha value is -1.36. The van der Waals surface area contributed by atoms with Crippen LogP contribution in [-0.4, -0.2) is 40.2 Å². The number of aromatic nitrogens is 2. The van der Waals surface area contributed by atoms with Crippen molar-refractivity contribution in [2.45, 2.75) is 33.6 Å². The Morgan fingerprint density at radius 2 is 2.21 bits per heavy atom. The summed E-state index contributed by atoms with van der Waals surface area (Å²) in [6, 6.07) is 1.89. The van der Waals surface area contributed by atoms with Crippen LogP contribution in [0.25, 0.3) is 0 Å². The highest BCUT2D eigenvalue weighted by Crippen LogP contribution is 2.10. The first-order valence-electron chi connectivity index (χ1n) is 7.01. The highest BCUT2D eigenvalue weighted by atomic mass is 16.2. The van der Waals surface area contributed by atoms with Crippen LogP contribution in [0.3, 0.4) is 0 Å². The summed E-state index contributed by atoms with van der Waals surface area (Å²) in [5.41, 5.74) is 7.16. The van der Waals surface area contributed by atoms with Gasteiger partial charge in [-0.2, -0.15) is 5.10 Å². The fourth-order valence-corrected chi connectivity index (χ4v) is 2.06. The third kappa shape index (κ3) is 4.35. The van der Waals surface area contributed by atoms with Crippen molar-refractivity contribution in [2.75, 3.05) is 19.6 Å². The van der Waals surface area contributed by atoms with E-state index in [0.29, 0.717) is 24.7 Å². The van der Waals surface area contributed by atoms with Gasteiger partial charge in [0.1, 0.15) is 5.69 Å². The van der Waals surface area contributed by atoms with Gasteiger partial charge in [-0.3, -0.25) is 9.48 Å². The summed E-state index contributed by atoms with van der Waals surface area (Å²) in [5.74, 6) is 0.498. The van der Waals surface area contributed by atoms with E-state index in [9.17, 15) is 4.79 Å². The molecule has 1 amide bonds. The van der Waals surface area contributed by atoms with Crippen molar-refractivity contribution in [3.8, 4) is 0 Å². The largest absolute Gasteiger partial charge is 0.337 e. The van der Waals surface area contributed by atoms with Gasteiger partial charge in [0, 0.05) is 20.1 Å². The lowest BCUT2D eigenvalue weighted by molar-refractivity contribution is 0.0724. The van der Waals surface area contributed by atoms with Gasteiger partial charge >= 0.3 is 0 Å². The maximum absolute atomic E-state index is 12.6. The number of hydrogen-bond donors (Lipinski definition) is 1. The minimum atomic E-state index is 0.0526. The van der Waals surface area contributed by atoms with Crippen LogP contribution in [0, 0.1) is 5.92 Å². The van der Waals surface area contributed by atoms with Gasteiger partial charge in [-0.15, -0.1) is 0 Å². The normalized spacial score (nSPS) is 11.1. The molecular weight excluding hydrogens is 240 g/mol. The lowest BCUT2D eigenvalue weighted by Crippen LogP contribution is -2.36. The lowest BCUT2D eigenvalue weighted by atomic mass is 10.2. The quantitative estimate of drug-likeness (QED) is 0.812. The SMILES string of the molecule is CCc1cc(C(=O)N(CCCN)CC(C)C)n(C)n1. The van der Waals surface area contributed by atoms with Crippen molar-refractivity contribution in [3.05, 3.63) is 17.5 Å². The zero-order valence-electron chi connectivity index (χ0n) is 12.5. The van der Waals surface area contributed by atoms with Crippen LogP contribution in [0.4, 0.5) is 0 Å². The number of carbonyl (C=O) groups excluding carboxylic acids is 1. The predicted octanol–water partition coefficient (Wildman–Crippen LogP) is 1.43. The second kappa shape index (κ2) is 7.28. The monoisotopic (exact) mass is 266 g/mol. The number of aryl methyl sites for hydroxylation is 2. The minimum Gasteiger partial charge on any atom is -0.337 e. The van der Waals surface area contributed by atoms with Crippen molar-refractivity contribution in [3.63, 3.8) is 0 Å². The maximum Gasteiger partial charge on any atom is 0.272 e. The number of nitrogens with zero attached hydrogens (tertiary/aromatic N) is 3. The molecule has 108 valence electrons. The van der Waals surface area contributed by atoms with Crippen LogP contribution in [0.5, 0.6) is 0 Å². The molecule has 0 aliphatic carbocycles. The van der Waals surface area contributed by atoms with Crippen molar-refractivity contribution in [1.82, 2.24) is 14.7 Å². The Labute approximate surface area is 115 Å². The summed E-state index contributed by atoms with van der Waals surface area (Å²) < 4.78 is 1.68. The van der Waals surface area contributed by atoms with Gasteiger partial charge in [0.05, 0.1) is 5.69 Å². The van der Waals surface area contributed by atoms with Crippen LogP contribution in [-0.2, 0) is 13.5 Å². The van der Waals surface area contributed by atoms with E-state index in [1.165, 1.54) is 0 Å². The molecule has 0 bridgehead atoms. The molecule has 0 unspecified atom stereocenters. The smallest absolute Gasteiger partial charge is 0.272 e. The molecule has 0 aromatic carbocycles. The van der Waals surface area contributed by atoms with E-state index in [1.54, 1.807) is 4.68 Å². The fraction of sp³-hybridized carbons (Fsp3) is 0.714. The molecule has 19 heavy (non-hydrogen) atoms. The molecular formula is C14H26N4O. The van der Waals surface area contributed by atoms with Gasteiger partial charge in [-0.05, 0) is 31.4 Å². The van der Waals surface area contributed by atoms with Gasteiger partial charge in [0.2, 0.25) is 0 Å². The zero-order valence-corrected chi connectivity index (χ0v) is 12.5. The molecule has 0 aliphatic rings. The summed E-state index contributed by atoms with van der Waals surface area (Å²) in [7, 11) is 1.82. The van der Waals surface area contributed by atoms with Gasteiger partial charge < -0.3 is 10.6 Å². The van der Waals surface area contributed by atoms with Gasteiger partial charge in [0.15, 0.2) is 0 Å². The van der Waals surface area contributed by atoms with E-state index >= 15 is 0 Å². The summed E-state index contributed by atoms with van der Waals surface area (Å²) in [5, 5.41) is 4.34. The first kappa shape index (κ1) is 15.7. The van der Waals surface area contributed by atoms with E-state index < -0.39 is 0 Å². The van der Waals surface area contributed by atoms with Crippen LogP contribution in [0.2, 0.25) is 0 Å². The van der Waals surface area contributed by atoms with E-state index in [2.05, 4.69) is 18.9 Å². The topological polar surface area (TPSA) is 64.2 Å². The molecule has 5 heteroatoms. The summed E-state index contributed by atoms with van der Waals surface area (Å²) in [6.07, 6.45) is 1.67. The number of carbonyl (C=O) groups is 1. The van der Waals surface area contributed by atoms with E-state index in [-0.39, 0.29) is 5.91 Å². The number of amides is 1. The Morgan fingerprint density at radius 3 is 2.68 bits per heavy atom. The van der Waals surface area contributed by atoms with Crippen LogP contribution >= 0.6 is 0 Å². The highest BCUT2D eigenvalue weighted by Gasteiger charge is 2.20. The number of rotatable bonds is 7. The maximum atomic E-state index is 12.6. The molecule has 0 aliphatic heterocycles. The lowest BCUT2D eigenvalue weighted by Gasteiger charge is -2.24. The summed E-state index contributed by atoms with van der Waals surface area (Å²) in [4.78, 5) is 14.4. The molecule has 0 saturated heterocycles. The van der Waals surface area contributed by atoms with Gasteiger partial charge in [-0.1, -0.05) is 20.8 Å². The second-order valence-corrected chi connectivity index (χ2v) is 5.29. The average molecular weight is 266 g/mol. The Balaban J connectivity index is 2.87. The van der Waals surface area contributed by atoms with E-state index in [4.69, 9.17) is 5.73 Å². The van der Waals surface area contributed by atoms with Crippen LogP contribution in [0.1, 0.15) is 43.4 Å². The summed E-state index contributed by atoms with van der Waals surface area (Å²) in [6.45, 7) is 8.34. The molecule has 2 N–H and O–H groups in total. The molecule has 1 heterocycles. The van der Waals surface area contributed by atoms with E-state index in [1.807, 2.05) is 24.9 Å². The van der Waals surface area contributed by atoms with Crippen molar-refractivity contribution >= 4 is 5.91 Å². The van der Waals surface area contributed by atoms with Gasteiger partial charge in [-0.25, -0.2) is 0 Å². The molecule has 0 radical (unpaired) electrons. The fourth-order valence-electron chi connectivity index (χ4n) is 2.06. The predicted molar refractivity (Wildman–Crippen MR) is 77.0 cm³/mol. The second-order valence-electron chi connectivity index (χ2n) is 5.29. The van der Waals surface area contributed by atoms with E-state index in [0.717, 1.165) is 25.1 Å². The van der Waals surface area contributed by atoms with Crippen molar-refractivity contribution in [2.24, 2.45) is 18.7 Å². The molecule has 0 spiro atoms. The number of nitrogens with two attached hydrogens (primary N) is 1. The first-order chi connectivity index (χ1) is 8.99. The minimum absolute atomic E-state index is 0.0526. The molecule has 5 nitrogen and oxygen atoms in total. The number of hydrogen-bond acceptors (Lipinski definition) is 3. The van der Waals surface area contributed by atoms with Crippen molar-refractivity contribution < 1.29 is 4.79 Å². The molecule has 0 saturated carbocycles. The third-order valence-corrected chi connectivity index (χ3v) is 3.02. The van der Waals surface area contributed by atoms with Gasteiger partial charge in [0.25, 0.3) is 5.91 Å². The Bertz CT molecular complexity index is 412. The molecule has 0 fully saturated rings. The first-order valence-corrected chi connectivity index (χ1v) is 7.01. The summed E-state index contributed by atoms with van der Waals surface area (Å²) >= 11 is 0. The van der Waals surface area contributed by atoms with Crippen LogP contribution < -0.4 is 5.73 Å².